The van der Waals surface area contributed by atoms with Crippen LogP contribution in [0.1, 0.15) is 6.92 Å². The van der Waals surface area contributed by atoms with Gasteiger partial charge in [-0.05, 0) is 48.2 Å². The van der Waals surface area contributed by atoms with Crippen LogP contribution in [-0.2, 0) is 11.8 Å². The highest BCUT2D eigenvalue weighted by molar-refractivity contribution is 9.10. The second kappa shape index (κ2) is 6.27. The van der Waals surface area contributed by atoms with Gasteiger partial charge in [0.05, 0.1) is 5.25 Å². The molecule has 1 aromatic heterocycles. The zero-order valence-electron chi connectivity index (χ0n) is 10.8. The Morgan fingerprint density at radius 1 is 1.45 bits per heavy atom. The second-order valence-corrected chi connectivity index (χ2v) is 6.35. The maximum Gasteiger partial charge on any atom is 0.441 e. The van der Waals surface area contributed by atoms with E-state index in [2.05, 4.69) is 31.0 Å². The number of nitrogens with one attached hydrogen (secondary N) is 2. The first-order valence-corrected chi connectivity index (χ1v) is 7.45. The van der Waals surface area contributed by atoms with Gasteiger partial charge in [-0.25, -0.2) is 4.79 Å². The molecule has 0 aliphatic carbocycles. The van der Waals surface area contributed by atoms with Crippen LogP contribution in [0.5, 0.6) is 0 Å². The highest BCUT2D eigenvalue weighted by Crippen LogP contribution is 2.19. The highest BCUT2D eigenvalue weighted by Gasteiger charge is 2.25. The van der Waals surface area contributed by atoms with Crippen molar-refractivity contribution in [2.75, 3.05) is 5.32 Å². The van der Waals surface area contributed by atoms with E-state index < -0.39 is 10.9 Å². The average Bonchev–Trinajstić information content (AvgIpc) is 2.73. The van der Waals surface area contributed by atoms with Crippen molar-refractivity contribution in [3.8, 4) is 0 Å². The number of anilines is 1. The summed E-state index contributed by atoms with van der Waals surface area (Å²) >= 11 is 4.47. The summed E-state index contributed by atoms with van der Waals surface area (Å²) < 4.78 is 7.01. The normalized spacial score (nSPS) is 12.2. The van der Waals surface area contributed by atoms with Crippen LogP contribution >= 0.6 is 27.7 Å². The van der Waals surface area contributed by atoms with Crippen LogP contribution < -0.4 is 15.6 Å². The summed E-state index contributed by atoms with van der Waals surface area (Å²) in [5.41, 5.74) is 0.219. The molecular weight excluding hydrogens is 346 g/mol. The molecule has 6 nitrogen and oxygen atoms in total. The summed E-state index contributed by atoms with van der Waals surface area (Å²) in [7, 11) is 1.65. The van der Waals surface area contributed by atoms with Crippen molar-refractivity contribution in [3.05, 3.63) is 39.2 Å². The number of amides is 1. The number of H-pyrrole nitrogens is 1. The number of aromatic amines is 1. The molecule has 2 N–H and O–H groups in total. The summed E-state index contributed by atoms with van der Waals surface area (Å²) in [5, 5.41) is 5.12. The van der Waals surface area contributed by atoms with E-state index in [-0.39, 0.29) is 5.91 Å². The lowest BCUT2D eigenvalue weighted by atomic mass is 10.3. The maximum absolute atomic E-state index is 12.1. The third-order valence-electron chi connectivity index (χ3n) is 2.52. The largest absolute Gasteiger partial charge is 0.441 e. The van der Waals surface area contributed by atoms with Crippen molar-refractivity contribution >= 4 is 39.3 Å². The summed E-state index contributed by atoms with van der Waals surface area (Å²) in [5.74, 6) is -0.182. The van der Waals surface area contributed by atoms with Crippen molar-refractivity contribution < 1.29 is 14.0 Å². The number of aromatic nitrogens is 2. The van der Waals surface area contributed by atoms with Gasteiger partial charge in [-0.1, -0.05) is 20.6 Å². The topological polar surface area (TPSA) is 79.0 Å². The van der Waals surface area contributed by atoms with Gasteiger partial charge in [0.15, 0.2) is 7.05 Å². The van der Waals surface area contributed by atoms with Crippen LogP contribution in [0.3, 0.4) is 0 Å². The lowest BCUT2D eigenvalue weighted by Crippen LogP contribution is -2.35. The van der Waals surface area contributed by atoms with Crippen molar-refractivity contribution in [2.24, 2.45) is 7.05 Å². The Morgan fingerprint density at radius 2 is 2.10 bits per heavy atom. The zero-order valence-corrected chi connectivity index (χ0v) is 13.2. The molecule has 0 spiro atoms. The maximum atomic E-state index is 12.1. The van der Waals surface area contributed by atoms with E-state index in [1.54, 1.807) is 26.1 Å². The van der Waals surface area contributed by atoms with Crippen molar-refractivity contribution in [1.29, 1.82) is 0 Å². The van der Waals surface area contributed by atoms with Crippen LogP contribution in [0.2, 0.25) is 0 Å². The lowest BCUT2D eigenvalue weighted by Gasteiger charge is -2.09. The molecule has 0 aliphatic rings. The molecule has 0 saturated heterocycles. The Balaban J connectivity index is 2.02. The number of benzene rings is 1. The molecule has 20 heavy (non-hydrogen) atoms. The molecule has 1 aromatic carbocycles. The molecule has 2 aromatic rings. The van der Waals surface area contributed by atoms with Crippen LogP contribution in [-0.4, -0.2) is 16.4 Å². The highest BCUT2D eigenvalue weighted by atomic mass is 79.9. The zero-order chi connectivity index (χ0) is 14.7. The Morgan fingerprint density at radius 3 is 2.65 bits per heavy atom. The molecule has 1 atom stereocenters. The third-order valence-corrected chi connectivity index (χ3v) is 4.28. The Kier molecular flexibility index (Phi) is 4.66. The van der Waals surface area contributed by atoms with Gasteiger partial charge < -0.3 is 5.32 Å². The smallest absolute Gasteiger partial charge is 0.325 e. The minimum Gasteiger partial charge on any atom is -0.325 e. The van der Waals surface area contributed by atoms with Crippen LogP contribution in [0.15, 0.2) is 43.1 Å². The molecule has 0 saturated carbocycles. The molecule has 0 aliphatic heterocycles. The van der Waals surface area contributed by atoms with E-state index in [4.69, 9.17) is 0 Å². The van der Waals surface area contributed by atoms with Gasteiger partial charge in [0.1, 0.15) is 0 Å². The molecule has 8 heteroatoms. The molecule has 0 bridgehead atoms. The number of carbonyl (C=O) groups is 1. The SMILES string of the molecule is CC(Sc1c(=O)o[nH][n+]1C)C(=O)Nc1ccc(Br)cc1. The Bertz CT molecular complexity index is 665. The summed E-state index contributed by atoms with van der Waals surface area (Å²) in [6, 6.07) is 7.27. The molecule has 1 amide bonds. The summed E-state index contributed by atoms with van der Waals surface area (Å²) in [6.45, 7) is 1.73. The first kappa shape index (κ1) is 14.9. The van der Waals surface area contributed by atoms with E-state index in [0.29, 0.717) is 10.7 Å². The minimum atomic E-state index is -0.485. The summed E-state index contributed by atoms with van der Waals surface area (Å²) in [4.78, 5) is 23.5. The average molecular weight is 359 g/mol. The number of thioether (sulfide) groups is 1. The van der Waals surface area contributed by atoms with E-state index >= 15 is 0 Å². The molecular formula is C12H13BrN3O3S+. The standard InChI is InChI=1S/C12H12BrN3O3S/c1-7(20-11-12(18)19-15-16(11)2)10(17)14-9-5-3-8(13)4-6-9/h3-7H,1-2H3,(H-,14,15,17,18)/p+1. The Hall–Kier alpha value is -1.54. The number of aryl methyl sites for hydroxylation is 1. The quantitative estimate of drug-likeness (QED) is 0.643. The number of carbonyl (C=O) groups excluding carboxylic acids is 1. The van der Waals surface area contributed by atoms with Gasteiger partial charge in [0, 0.05) is 10.2 Å². The predicted molar refractivity (Wildman–Crippen MR) is 78.6 cm³/mol. The first-order chi connectivity index (χ1) is 9.47. The molecule has 1 unspecified atom stereocenters. The van der Waals surface area contributed by atoms with E-state index in [0.717, 1.165) is 16.2 Å². The van der Waals surface area contributed by atoms with E-state index in [1.165, 1.54) is 4.68 Å². The van der Waals surface area contributed by atoms with Gasteiger partial charge in [-0.15, -0.1) is 0 Å². The molecule has 0 fully saturated rings. The fourth-order valence-corrected chi connectivity index (χ4v) is 2.56. The molecule has 2 rings (SSSR count). The molecule has 0 radical (unpaired) electrons. The van der Waals surface area contributed by atoms with Gasteiger partial charge in [-0.2, -0.15) is 0 Å². The second-order valence-electron chi connectivity index (χ2n) is 4.10. The van der Waals surface area contributed by atoms with Gasteiger partial charge >= 0.3 is 10.7 Å². The molecule has 106 valence electrons. The van der Waals surface area contributed by atoms with Gasteiger partial charge in [0.2, 0.25) is 5.91 Å². The fourth-order valence-electron chi connectivity index (χ4n) is 1.46. The molecule has 1 heterocycles. The summed E-state index contributed by atoms with van der Waals surface area (Å²) in [6.07, 6.45) is 0. The van der Waals surface area contributed by atoms with Gasteiger partial charge in [-0.3, -0.25) is 9.32 Å². The van der Waals surface area contributed by atoms with Gasteiger partial charge in [0.25, 0.3) is 0 Å². The van der Waals surface area contributed by atoms with E-state index in [9.17, 15) is 9.59 Å². The number of hydrogen-bond donors (Lipinski definition) is 2. The Labute approximate surface area is 127 Å². The monoisotopic (exact) mass is 358 g/mol. The lowest BCUT2D eigenvalue weighted by molar-refractivity contribution is -0.772. The predicted octanol–water partition coefficient (Wildman–Crippen LogP) is 1.67. The third kappa shape index (κ3) is 3.51. The van der Waals surface area contributed by atoms with Crippen LogP contribution in [0.4, 0.5) is 5.69 Å². The number of rotatable bonds is 4. The number of halogens is 1. The number of hydrogen-bond acceptors (Lipinski definition) is 4. The van der Waals surface area contributed by atoms with Crippen molar-refractivity contribution in [1.82, 2.24) is 5.27 Å². The minimum absolute atomic E-state index is 0.182. The first-order valence-electron chi connectivity index (χ1n) is 5.78. The van der Waals surface area contributed by atoms with Crippen LogP contribution in [0.25, 0.3) is 0 Å². The number of nitrogens with zero attached hydrogens (tertiary/aromatic N) is 1. The van der Waals surface area contributed by atoms with Crippen molar-refractivity contribution in [3.63, 3.8) is 0 Å². The van der Waals surface area contributed by atoms with Crippen LogP contribution in [0, 0.1) is 0 Å². The fraction of sp³-hybridized carbons (Fsp3) is 0.250. The van der Waals surface area contributed by atoms with E-state index in [1.807, 2.05) is 12.1 Å². The van der Waals surface area contributed by atoms with Crippen molar-refractivity contribution in [2.45, 2.75) is 17.2 Å².